The summed E-state index contributed by atoms with van der Waals surface area (Å²) in [5.74, 6) is 1.53. The van der Waals surface area contributed by atoms with Gasteiger partial charge in [-0.3, -0.25) is 0 Å². The number of hydrogen-bond donors (Lipinski definition) is 1. The Morgan fingerprint density at radius 1 is 1.28 bits per heavy atom. The fourth-order valence-electron chi connectivity index (χ4n) is 2.06. The lowest BCUT2D eigenvalue weighted by Gasteiger charge is -2.17. The van der Waals surface area contributed by atoms with Gasteiger partial charge in [0.25, 0.3) is 0 Å². The molecule has 2 aromatic heterocycles. The Kier molecular flexibility index (Phi) is 3.97. The van der Waals surface area contributed by atoms with E-state index in [0.29, 0.717) is 12.0 Å². The van der Waals surface area contributed by atoms with Crippen molar-refractivity contribution in [1.29, 1.82) is 0 Å². The van der Waals surface area contributed by atoms with Gasteiger partial charge in [0.2, 0.25) is 0 Å². The molecule has 2 rings (SSSR count). The Bertz CT molecular complexity index is 459. The first-order chi connectivity index (χ1) is 8.65. The second-order valence-electron chi connectivity index (χ2n) is 5.03. The Labute approximate surface area is 108 Å². The first kappa shape index (κ1) is 12.6. The summed E-state index contributed by atoms with van der Waals surface area (Å²) in [4.78, 5) is 4.39. The van der Waals surface area contributed by atoms with Crippen molar-refractivity contribution in [3.05, 3.63) is 36.8 Å². The molecule has 1 atom stereocenters. The van der Waals surface area contributed by atoms with Gasteiger partial charge >= 0.3 is 0 Å². The second-order valence-corrected chi connectivity index (χ2v) is 5.03. The van der Waals surface area contributed by atoms with E-state index in [2.05, 4.69) is 36.2 Å². The van der Waals surface area contributed by atoms with Crippen LogP contribution >= 0.6 is 0 Å². The lowest BCUT2D eigenvalue weighted by molar-refractivity contribution is 0.539. The van der Waals surface area contributed by atoms with E-state index in [-0.39, 0.29) is 0 Å². The SMILES string of the molecule is CC(C)CC(C)Nc1ccc(-n2cccn2)nc1. The number of nitrogens with one attached hydrogen (secondary N) is 1. The Morgan fingerprint density at radius 3 is 2.67 bits per heavy atom. The largest absolute Gasteiger partial charge is 0.381 e. The molecule has 4 nitrogen and oxygen atoms in total. The van der Waals surface area contributed by atoms with E-state index in [9.17, 15) is 0 Å². The highest BCUT2D eigenvalue weighted by atomic mass is 15.3. The van der Waals surface area contributed by atoms with E-state index in [0.717, 1.165) is 17.9 Å². The zero-order chi connectivity index (χ0) is 13.0. The third kappa shape index (κ3) is 3.32. The lowest BCUT2D eigenvalue weighted by Crippen LogP contribution is -2.17. The zero-order valence-electron chi connectivity index (χ0n) is 11.2. The molecule has 2 aromatic rings. The fourth-order valence-corrected chi connectivity index (χ4v) is 2.06. The van der Waals surface area contributed by atoms with E-state index < -0.39 is 0 Å². The smallest absolute Gasteiger partial charge is 0.153 e. The van der Waals surface area contributed by atoms with Crippen LogP contribution in [0, 0.1) is 5.92 Å². The van der Waals surface area contributed by atoms with Crippen LogP contribution in [0.3, 0.4) is 0 Å². The van der Waals surface area contributed by atoms with Crippen molar-refractivity contribution < 1.29 is 0 Å². The Hall–Kier alpha value is -1.84. The fraction of sp³-hybridized carbons (Fsp3) is 0.429. The van der Waals surface area contributed by atoms with E-state index in [4.69, 9.17) is 0 Å². The number of nitrogens with zero attached hydrogens (tertiary/aromatic N) is 3. The molecule has 0 aliphatic rings. The molecular weight excluding hydrogens is 224 g/mol. The van der Waals surface area contributed by atoms with Crippen LogP contribution in [0.5, 0.6) is 0 Å². The Balaban J connectivity index is 2.00. The summed E-state index contributed by atoms with van der Waals surface area (Å²) in [6, 6.07) is 6.36. The van der Waals surface area contributed by atoms with Gasteiger partial charge in [-0.1, -0.05) is 13.8 Å². The van der Waals surface area contributed by atoms with Crippen molar-refractivity contribution in [3.8, 4) is 5.82 Å². The quantitative estimate of drug-likeness (QED) is 0.878. The maximum absolute atomic E-state index is 4.39. The predicted octanol–water partition coefficient (Wildman–Crippen LogP) is 3.11. The van der Waals surface area contributed by atoms with Crippen molar-refractivity contribution >= 4 is 5.69 Å². The van der Waals surface area contributed by atoms with Gasteiger partial charge in [0.15, 0.2) is 5.82 Å². The summed E-state index contributed by atoms with van der Waals surface area (Å²) >= 11 is 0. The molecule has 4 heteroatoms. The molecule has 0 saturated carbocycles. The highest BCUT2D eigenvalue weighted by molar-refractivity contribution is 5.44. The van der Waals surface area contributed by atoms with Gasteiger partial charge in [0.1, 0.15) is 0 Å². The minimum atomic E-state index is 0.461. The summed E-state index contributed by atoms with van der Waals surface area (Å²) < 4.78 is 1.75. The lowest BCUT2D eigenvalue weighted by atomic mass is 10.1. The van der Waals surface area contributed by atoms with Crippen molar-refractivity contribution in [2.24, 2.45) is 5.92 Å². The van der Waals surface area contributed by atoms with Gasteiger partial charge in [0.05, 0.1) is 11.9 Å². The van der Waals surface area contributed by atoms with Crippen molar-refractivity contribution in [3.63, 3.8) is 0 Å². The highest BCUT2D eigenvalue weighted by Crippen LogP contribution is 2.13. The summed E-state index contributed by atoms with van der Waals surface area (Å²) in [5.41, 5.74) is 1.05. The average molecular weight is 244 g/mol. The summed E-state index contributed by atoms with van der Waals surface area (Å²) in [5, 5.41) is 7.60. The minimum Gasteiger partial charge on any atom is -0.381 e. The molecule has 18 heavy (non-hydrogen) atoms. The first-order valence-corrected chi connectivity index (χ1v) is 6.38. The van der Waals surface area contributed by atoms with Crippen molar-refractivity contribution in [2.75, 3.05) is 5.32 Å². The number of hydrogen-bond acceptors (Lipinski definition) is 3. The van der Waals surface area contributed by atoms with Crippen molar-refractivity contribution in [2.45, 2.75) is 33.2 Å². The third-order valence-electron chi connectivity index (χ3n) is 2.73. The summed E-state index contributed by atoms with van der Waals surface area (Å²) in [6.45, 7) is 6.66. The maximum atomic E-state index is 4.39. The van der Waals surface area contributed by atoms with Gasteiger partial charge in [-0.15, -0.1) is 0 Å². The molecule has 0 aliphatic carbocycles. The number of pyridine rings is 1. The van der Waals surface area contributed by atoms with Crippen molar-refractivity contribution in [1.82, 2.24) is 14.8 Å². The molecule has 0 amide bonds. The molecule has 0 radical (unpaired) electrons. The number of rotatable bonds is 5. The average Bonchev–Trinajstić information content (AvgIpc) is 2.82. The molecule has 0 aliphatic heterocycles. The highest BCUT2D eigenvalue weighted by Gasteiger charge is 2.05. The molecule has 1 unspecified atom stereocenters. The molecule has 0 spiro atoms. The molecule has 0 bridgehead atoms. The van der Waals surface area contributed by atoms with Gasteiger partial charge in [0, 0.05) is 18.4 Å². The van der Waals surface area contributed by atoms with Crippen LogP contribution in [-0.2, 0) is 0 Å². The van der Waals surface area contributed by atoms with Gasteiger partial charge in [-0.05, 0) is 37.5 Å². The van der Waals surface area contributed by atoms with Crippen LogP contribution in [0.25, 0.3) is 5.82 Å². The zero-order valence-corrected chi connectivity index (χ0v) is 11.2. The molecule has 0 fully saturated rings. The van der Waals surface area contributed by atoms with Gasteiger partial charge in [-0.25, -0.2) is 9.67 Å². The van der Waals surface area contributed by atoms with Crippen LogP contribution in [-0.4, -0.2) is 20.8 Å². The summed E-state index contributed by atoms with van der Waals surface area (Å²) in [7, 11) is 0. The van der Waals surface area contributed by atoms with Crippen LogP contribution in [0.4, 0.5) is 5.69 Å². The molecule has 1 N–H and O–H groups in total. The molecule has 0 saturated heterocycles. The van der Waals surface area contributed by atoms with Crippen LogP contribution < -0.4 is 5.32 Å². The normalized spacial score (nSPS) is 12.7. The molecule has 96 valence electrons. The second kappa shape index (κ2) is 5.67. The first-order valence-electron chi connectivity index (χ1n) is 6.38. The van der Waals surface area contributed by atoms with E-state index in [1.807, 2.05) is 30.6 Å². The van der Waals surface area contributed by atoms with Gasteiger partial charge < -0.3 is 5.32 Å². The maximum Gasteiger partial charge on any atom is 0.153 e. The number of anilines is 1. The predicted molar refractivity (Wildman–Crippen MR) is 73.9 cm³/mol. The monoisotopic (exact) mass is 244 g/mol. The van der Waals surface area contributed by atoms with E-state index >= 15 is 0 Å². The third-order valence-corrected chi connectivity index (χ3v) is 2.73. The molecule has 0 aromatic carbocycles. The van der Waals surface area contributed by atoms with Gasteiger partial charge in [-0.2, -0.15) is 5.10 Å². The minimum absolute atomic E-state index is 0.461. The van der Waals surface area contributed by atoms with Crippen LogP contribution in [0.2, 0.25) is 0 Å². The van der Waals surface area contributed by atoms with E-state index in [1.165, 1.54) is 0 Å². The molecule has 2 heterocycles. The van der Waals surface area contributed by atoms with E-state index in [1.54, 1.807) is 10.9 Å². The summed E-state index contributed by atoms with van der Waals surface area (Å²) in [6.07, 6.45) is 6.64. The number of aromatic nitrogens is 3. The standard InChI is InChI=1S/C14H20N4/c1-11(2)9-12(3)17-13-5-6-14(15-10-13)18-8-4-7-16-18/h4-8,10-12,17H,9H2,1-3H3. The van der Waals surface area contributed by atoms with Crippen LogP contribution in [0.15, 0.2) is 36.8 Å². The van der Waals surface area contributed by atoms with Crippen LogP contribution in [0.1, 0.15) is 27.2 Å². The topological polar surface area (TPSA) is 42.7 Å². The Morgan fingerprint density at radius 2 is 2.11 bits per heavy atom. The molecular formula is C14H20N4.